The number of rotatable bonds is 8. The number of carbonyl (C=O) groups is 2. The fourth-order valence-corrected chi connectivity index (χ4v) is 3.56. The second-order valence-corrected chi connectivity index (χ2v) is 7.80. The largest absolute Gasteiger partial charge is 0.325 e. The molecule has 0 heterocycles. The van der Waals surface area contributed by atoms with Crippen LogP contribution in [0.1, 0.15) is 30.5 Å². The van der Waals surface area contributed by atoms with E-state index in [1.54, 1.807) is 11.9 Å². The number of halogens is 1. The van der Waals surface area contributed by atoms with Crippen LogP contribution < -0.4 is 10.6 Å². The van der Waals surface area contributed by atoms with Gasteiger partial charge in [-0.25, -0.2) is 0 Å². The van der Waals surface area contributed by atoms with Crippen LogP contribution in [0.25, 0.3) is 0 Å². The second kappa shape index (κ2) is 10.4. The maximum atomic E-state index is 12.5. The number of nitrogens with one attached hydrogen (secondary N) is 2. The van der Waals surface area contributed by atoms with Crippen LogP contribution in [0.5, 0.6) is 0 Å². The van der Waals surface area contributed by atoms with Gasteiger partial charge in [0.05, 0.1) is 13.1 Å². The molecule has 0 bridgehead atoms. The van der Waals surface area contributed by atoms with E-state index in [1.165, 1.54) is 0 Å². The summed E-state index contributed by atoms with van der Waals surface area (Å²) in [5.41, 5.74) is 4.90. The molecule has 0 unspecified atom stereocenters. The van der Waals surface area contributed by atoms with Crippen LogP contribution in [0.3, 0.4) is 0 Å². The first kappa shape index (κ1) is 22.1. The fourth-order valence-electron chi connectivity index (χ4n) is 3.09. The Balaban J connectivity index is 1.93. The predicted molar refractivity (Wildman–Crippen MR) is 119 cm³/mol. The van der Waals surface area contributed by atoms with Crippen molar-refractivity contribution in [2.24, 2.45) is 0 Å². The average Bonchev–Trinajstić information content (AvgIpc) is 2.63. The zero-order chi connectivity index (χ0) is 20.7. The quantitative estimate of drug-likeness (QED) is 0.632. The lowest BCUT2D eigenvalue weighted by Crippen LogP contribution is -2.36. The molecule has 28 heavy (non-hydrogen) atoms. The van der Waals surface area contributed by atoms with Crippen molar-refractivity contribution in [1.29, 1.82) is 0 Å². The number of benzene rings is 2. The first-order valence-electron chi connectivity index (χ1n) is 9.49. The Morgan fingerprint density at radius 1 is 0.964 bits per heavy atom. The van der Waals surface area contributed by atoms with Crippen molar-refractivity contribution >= 4 is 39.1 Å². The minimum Gasteiger partial charge on any atom is -0.325 e. The summed E-state index contributed by atoms with van der Waals surface area (Å²) in [6.07, 6.45) is 1.71. The summed E-state index contributed by atoms with van der Waals surface area (Å²) in [6.45, 7) is 6.37. The van der Waals surface area contributed by atoms with E-state index >= 15 is 0 Å². The Hall–Kier alpha value is -2.18. The first-order chi connectivity index (χ1) is 13.3. The third kappa shape index (κ3) is 6.17. The molecule has 2 rings (SSSR count). The van der Waals surface area contributed by atoms with Crippen LogP contribution in [0.2, 0.25) is 0 Å². The lowest BCUT2D eigenvalue weighted by molar-refractivity contribution is -0.119. The van der Waals surface area contributed by atoms with Crippen LogP contribution in [0, 0.1) is 6.92 Å². The first-order valence-corrected chi connectivity index (χ1v) is 10.3. The Kier molecular flexibility index (Phi) is 8.20. The van der Waals surface area contributed by atoms with Gasteiger partial charge in [0.25, 0.3) is 0 Å². The van der Waals surface area contributed by atoms with Crippen molar-refractivity contribution in [2.75, 3.05) is 30.8 Å². The van der Waals surface area contributed by atoms with E-state index < -0.39 is 0 Å². The van der Waals surface area contributed by atoms with Gasteiger partial charge in [0.15, 0.2) is 0 Å². The van der Waals surface area contributed by atoms with Crippen LogP contribution in [-0.2, 0) is 22.4 Å². The molecule has 5 nitrogen and oxygen atoms in total. The van der Waals surface area contributed by atoms with Crippen LogP contribution in [0.4, 0.5) is 11.4 Å². The Labute approximate surface area is 175 Å². The predicted octanol–water partition coefficient (Wildman–Crippen LogP) is 4.39. The number of amides is 2. The van der Waals surface area contributed by atoms with Crippen molar-refractivity contribution in [2.45, 2.75) is 33.6 Å². The minimum atomic E-state index is -0.149. The number of para-hydroxylation sites is 1. The van der Waals surface area contributed by atoms with Crippen LogP contribution in [0.15, 0.2) is 40.9 Å². The zero-order valence-corrected chi connectivity index (χ0v) is 18.5. The summed E-state index contributed by atoms with van der Waals surface area (Å²) < 4.78 is 0.968. The molecule has 0 aromatic heterocycles. The van der Waals surface area contributed by atoms with Crippen LogP contribution >= 0.6 is 15.9 Å². The Morgan fingerprint density at radius 3 is 2.07 bits per heavy atom. The molecule has 0 aliphatic heterocycles. The summed E-state index contributed by atoms with van der Waals surface area (Å²) in [5, 5.41) is 5.93. The average molecular weight is 446 g/mol. The van der Waals surface area contributed by atoms with Gasteiger partial charge in [-0.05, 0) is 61.7 Å². The van der Waals surface area contributed by atoms with E-state index in [4.69, 9.17) is 0 Å². The number of hydrogen-bond donors (Lipinski definition) is 2. The summed E-state index contributed by atoms with van der Waals surface area (Å²) in [4.78, 5) is 26.5. The highest BCUT2D eigenvalue weighted by molar-refractivity contribution is 9.10. The maximum absolute atomic E-state index is 12.5. The maximum Gasteiger partial charge on any atom is 0.238 e. The number of hydrogen-bond acceptors (Lipinski definition) is 3. The van der Waals surface area contributed by atoms with Gasteiger partial charge in [0.2, 0.25) is 11.8 Å². The van der Waals surface area contributed by atoms with Gasteiger partial charge in [0.1, 0.15) is 0 Å². The molecular formula is C22H28BrN3O2. The van der Waals surface area contributed by atoms with E-state index in [-0.39, 0.29) is 24.9 Å². The van der Waals surface area contributed by atoms with Crippen molar-refractivity contribution < 1.29 is 9.59 Å². The van der Waals surface area contributed by atoms with Crippen molar-refractivity contribution in [3.63, 3.8) is 0 Å². The van der Waals surface area contributed by atoms with E-state index in [0.29, 0.717) is 0 Å². The lowest BCUT2D eigenvalue weighted by atomic mass is 10.0. The van der Waals surface area contributed by atoms with Gasteiger partial charge < -0.3 is 10.6 Å². The number of anilines is 2. The highest BCUT2D eigenvalue weighted by atomic mass is 79.9. The Morgan fingerprint density at radius 2 is 1.54 bits per heavy atom. The van der Waals surface area contributed by atoms with Gasteiger partial charge >= 0.3 is 0 Å². The number of aryl methyl sites for hydroxylation is 3. The topological polar surface area (TPSA) is 61.4 Å². The fraction of sp³-hybridized carbons (Fsp3) is 0.364. The summed E-state index contributed by atoms with van der Waals surface area (Å²) >= 11 is 3.41. The molecule has 0 spiro atoms. The molecule has 150 valence electrons. The summed E-state index contributed by atoms with van der Waals surface area (Å²) in [7, 11) is 1.76. The standard InChI is InChI=1S/C22H28BrN3O2/c1-5-16-8-7-9-17(6-2)22(16)25-21(28)14-26(4)13-20(27)24-19-11-10-18(23)12-15(19)3/h7-12H,5-6,13-14H2,1-4H3,(H,24,27)(H,25,28). The normalized spacial score (nSPS) is 10.8. The third-order valence-electron chi connectivity index (χ3n) is 4.55. The molecule has 0 aliphatic rings. The molecule has 2 aromatic carbocycles. The molecule has 2 aromatic rings. The van der Waals surface area contributed by atoms with E-state index in [9.17, 15) is 9.59 Å². The summed E-state index contributed by atoms with van der Waals surface area (Å²) in [6, 6.07) is 11.8. The van der Waals surface area contributed by atoms with Gasteiger partial charge in [-0.1, -0.05) is 48.0 Å². The van der Waals surface area contributed by atoms with Crippen molar-refractivity contribution in [3.8, 4) is 0 Å². The number of carbonyl (C=O) groups excluding carboxylic acids is 2. The van der Waals surface area contributed by atoms with Gasteiger partial charge in [-0.3, -0.25) is 14.5 Å². The van der Waals surface area contributed by atoms with Gasteiger partial charge in [-0.2, -0.15) is 0 Å². The molecule has 0 atom stereocenters. The SMILES string of the molecule is CCc1cccc(CC)c1NC(=O)CN(C)CC(=O)Nc1ccc(Br)cc1C. The highest BCUT2D eigenvalue weighted by Gasteiger charge is 2.14. The van der Waals surface area contributed by atoms with Gasteiger partial charge in [0, 0.05) is 15.8 Å². The minimum absolute atomic E-state index is 0.120. The van der Waals surface area contributed by atoms with Crippen LogP contribution in [-0.4, -0.2) is 36.9 Å². The molecule has 0 aliphatic carbocycles. The van der Waals surface area contributed by atoms with Crippen molar-refractivity contribution in [3.05, 3.63) is 57.6 Å². The molecule has 6 heteroatoms. The zero-order valence-electron chi connectivity index (χ0n) is 16.9. The molecule has 2 N–H and O–H groups in total. The molecule has 0 radical (unpaired) electrons. The third-order valence-corrected chi connectivity index (χ3v) is 5.05. The van der Waals surface area contributed by atoms with E-state index in [0.717, 1.165) is 45.4 Å². The Bertz CT molecular complexity index is 829. The monoisotopic (exact) mass is 445 g/mol. The smallest absolute Gasteiger partial charge is 0.238 e. The lowest BCUT2D eigenvalue weighted by Gasteiger charge is -2.19. The molecule has 0 saturated carbocycles. The number of nitrogens with zero attached hydrogens (tertiary/aromatic N) is 1. The van der Waals surface area contributed by atoms with Crippen molar-refractivity contribution in [1.82, 2.24) is 4.90 Å². The molecule has 2 amide bonds. The molecular weight excluding hydrogens is 418 g/mol. The second-order valence-electron chi connectivity index (χ2n) is 6.89. The molecule has 0 saturated heterocycles. The molecule has 0 fully saturated rings. The van der Waals surface area contributed by atoms with Gasteiger partial charge in [-0.15, -0.1) is 0 Å². The number of likely N-dealkylation sites (N-methyl/N-ethyl adjacent to an activating group) is 1. The highest BCUT2D eigenvalue weighted by Crippen LogP contribution is 2.22. The van der Waals surface area contributed by atoms with E-state index in [2.05, 4.69) is 40.4 Å². The summed E-state index contributed by atoms with van der Waals surface area (Å²) in [5.74, 6) is -0.269. The van der Waals surface area contributed by atoms with E-state index in [1.807, 2.05) is 43.3 Å².